The molecule has 130 valence electrons. The van der Waals surface area contributed by atoms with E-state index >= 15 is 0 Å². The average Bonchev–Trinajstić information content (AvgIpc) is 3.21. The topological polar surface area (TPSA) is 119 Å². The van der Waals surface area contributed by atoms with E-state index in [0.717, 1.165) is 11.1 Å². The minimum absolute atomic E-state index is 0.177. The lowest BCUT2D eigenvalue weighted by Gasteiger charge is -2.05. The molecule has 9 nitrogen and oxygen atoms in total. The Morgan fingerprint density at radius 3 is 2.92 bits per heavy atom. The van der Waals surface area contributed by atoms with E-state index in [-0.39, 0.29) is 18.1 Å². The largest absolute Gasteiger partial charge is 0.463 e. The van der Waals surface area contributed by atoms with Crippen molar-refractivity contribution < 1.29 is 9.21 Å². The maximum Gasteiger partial charge on any atom is 0.267 e. The van der Waals surface area contributed by atoms with Gasteiger partial charge in [-0.25, -0.2) is 4.68 Å². The van der Waals surface area contributed by atoms with Crippen LogP contribution in [0.2, 0.25) is 0 Å². The van der Waals surface area contributed by atoms with Gasteiger partial charge in [-0.1, -0.05) is 13.8 Å². The van der Waals surface area contributed by atoms with Gasteiger partial charge in [0.15, 0.2) is 5.76 Å². The van der Waals surface area contributed by atoms with Gasteiger partial charge in [0.2, 0.25) is 11.9 Å². The van der Waals surface area contributed by atoms with Crippen molar-refractivity contribution in [2.24, 2.45) is 5.92 Å². The van der Waals surface area contributed by atoms with Crippen molar-refractivity contribution in [1.82, 2.24) is 25.0 Å². The van der Waals surface area contributed by atoms with Crippen LogP contribution in [0.15, 0.2) is 39.7 Å². The molecule has 3 aromatic rings. The summed E-state index contributed by atoms with van der Waals surface area (Å²) in [5, 5.41) is 13.4. The summed E-state index contributed by atoms with van der Waals surface area (Å²) in [5.41, 5.74) is 0.0791. The zero-order chi connectivity index (χ0) is 17.8. The van der Waals surface area contributed by atoms with Crippen molar-refractivity contribution in [3.8, 4) is 11.5 Å². The number of hydrogen-bond acceptors (Lipinski definition) is 6. The number of nitrogens with zero attached hydrogens (tertiary/aromatic N) is 4. The smallest absolute Gasteiger partial charge is 0.267 e. The first kappa shape index (κ1) is 16.6. The fourth-order valence-corrected chi connectivity index (χ4v) is 2.25. The molecule has 0 spiro atoms. The summed E-state index contributed by atoms with van der Waals surface area (Å²) in [6, 6.07) is 6.33. The van der Waals surface area contributed by atoms with Crippen LogP contribution in [0, 0.1) is 5.92 Å². The normalized spacial score (nSPS) is 11.0. The first-order chi connectivity index (χ1) is 12.0. The van der Waals surface area contributed by atoms with Gasteiger partial charge >= 0.3 is 0 Å². The van der Waals surface area contributed by atoms with Crippen molar-refractivity contribution in [3.05, 3.63) is 46.7 Å². The van der Waals surface area contributed by atoms with E-state index in [1.807, 2.05) is 0 Å². The molecule has 3 heterocycles. The summed E-state index contributed by atoms with van der Waals surface area (Å²) in [6.07, 6.45) is 2.24. The molecule has 0 saturated carbocycles. The van der Waals surface area contributed by atoms with Crippen molar-refractivity contribution >= 4 is 11.9 Å². The zero-order valence-corrected chi connectivity index (χ0v) is 13.9. The molecule has 0 bridgehead atoms. The summed E-state index contributed by atoms with van der Waals surface area (Å²) >= 11 is 0. The number of aromatic amines is 1. The Labute approximate surface area is 143 Å². The Kier molecular flexibility index (Phi) is 4.73. The molecule has 0 saturated heterocycles. The number of hydrogen-bond donors (Lipinski definition) is 2. The Morgan fingerprint density at radius 2 is 2.20 bits per heavy atom. The van der Waals surface area contributed by atoms with Crippen LogP contribution >= 0.6 is 0 Å². The first-order valence-electron chi connectivity index (χ1n) is 7.84. The molecule has 1 amide bonds. The number of carbonyl (C=O) groups is 1. The zero-order valence-electron chi connectivity index (χ0n) is 13.9. The Hall–Kier alpha value is -3.23. The van der Waals surface area contributed by atoms with Gasteiger partial charge in [0.1, 0.15) is 18.1 Å². The Balaban J connectivity index is 1.69. The molecule has 2 N–H and O–H groups in total. The lowest BCUT2D eigenvalue weighted by atomic mass is 10.1. The monoisotopic (exact) mass is 342 g/mol. The highest BCUT2D eigenvalue weighted by molar-refractivity contribution is 5.88. The van der Waals surface area contributed by atoms with Gasteiger partial charge in [-0.2, -0.15) is 10.1 Å². The SMILES string of the molecule is CC(C)Cc1nc(NC(=O)Cn2nc(-c3ccco3)ccc2=O)n[nH]1. The highest BCUT2D eigenvalue weighted by Crippen LogP contribution is 2.15. The van der Waals surface area contributed by atoms with E-state index in [0.29, 0.717) is 23.2 Å². The lowest BCUT2D eigenvalue weighted by molar-refractivity contribution is -0.117. The summed E-state index contributed by atoms with van der Waals surface area (Å²) in [6.45, 7) is 3.87. The summed E-state index contributed by atoms with van der Waals surface area (Å²) < 4.78 is 6.31. The van der Waals surface area contributed by atoms with Gasteiger partial charge < -0.3 is 4.42 Å². The number of carbonyl (C=O) groups excluding carboxylic acids is 1. The molecule has 0 aliphatic carbocycles. The summed E-state index contributed by atoms with van der Waals surface area (Å²) in [4.78, 5) is 28.2. The third-order valence-electron chi connectivity index (χ3n) is 3.32. The molecule has 0 radical (unpaired) electrons. The second-order valence-corrected chi connectivity index (χ2v) is 5.94. The minimum atomic E-state index is -0.443. The maximum atomic E-state index is 12.1. The molecule has 25 heavy (non-hydrogen) atoms. The van der Waals surface area contributed by atoms with Crippen LogP contribution in [-0.2, 0) is 17.8 Å². The van der Waals surface area contributed by atoms with Crippen LogP contribution in [0.25, 0.3) is 11.5 Å². The van der Waals surface area contributed by atoms with Gasteiger partial charge in [-0.05, 0) is 24.1 Å². The first-order valence-corrected chi connectivity index (χ1v) is 7.84. The molecule has 0 fully saturated rings. The van der Waals surface area contributed by atoms with E-state index in [1.54, 1.807) is 18.2 Å². The fraction of sp³-hybridized carbons (Fsp3) is 0.312. The molecular weight excluding hydrogens is 324 g/mol. The van der Waals surface area contributed by atoms with E-state index in [1.165, 1.54) is 12.3 Å². The van der Waals surface area contributed by atoms with Crippen LogP contribution < -0.4 is 10.9 Å². The van der Waals surface area contributed by atoms with E-state index < -0.39 is 5.91 Å². The number of H-pyrrole nitrogens is 1. The molecule has 0 atom stereocenters. The van der Waals surface area contributed by atoms with Crippen LogP contribution in [0.4, 0.5) is 5.95 Å². The fourth-order valence-electron chi connectivity index (χ4n) is 2.25. The second-order valence-electron chi connectivity index (χ2n) is 5.94. The van der Waals surface area contributed by atoms with Crippen LogP contribution in [0.5, 0.6) is 0 Å². The van der Waals surface area contributed by atoms with Crippen molar-refractivity contribution in [3.63, 3.8) is 0 Å². The predicted octanol–water partition coefficient (Wildman–Crippen LogP) is 1.46. The van der Waals surface area contributed by atoms with Crippen molar-refractivity contribution in [2.45, 2.75) is 26.8 Å². The number of rotatable bonds is 6. The third-order valence-corrected chi connectivity index (χ3v) is 3.32. The standard InChI is InChI=1S/C16H18N6O3/c1-10(2)8-13-17-16(20-19-13)18-14(23)9-22-15(24)6-5-11(21-22)12-4-3-7-25-12/h3-7,10H,8-9H2,1-2H3,(H2,17,18,19,20,23). The summed E-state index contributed by atoms with van der Waals surface area (Å²) in [5.74, 6) is 1.36. The number of nitrogens with one attached hydrogen (secondary N) is 2. The third kappa shape index (κ3) is 4.19. The maximum absolute atomic E-state index is 12.1. The highest BCUT2D eigenvalue weighted by atomic mass is 16.3. The molecule has 0 aromatic carbocycles. The van der Waals surface area contributed by atoms with Crippen LogP contribution in [-0.4, -0.2) is 30.9 Å². The minimum Gasteiger partial charge on any atom is -0.463 e. The molecule has 0 aliphatic heterocycles. The number of furan rings is 1. The van der Waals surface area contributed by atoms with Gasteiger partial charge in [0, 0.05) is 12.5 Å². The summed E-state index contributed by atoms with van der Waals surface area (Å²) in [7, 11) is 0. The number of amides is 1. The van der Waals surface area contributed by atoms with Gasteiger partial charge in [0.25, 0.3) is 5.56 Å². The Bertz CT molecular complexity index is 910. The Morgan fingerprint density at radius 1 is 1.36 bits per heavy atom. The lowest BCUT2D eigenvalue weighted by Crippen LogP contribution is -2.29. The average molecular weight is 342 g/mol. The molecule has 3 rings (SSSR count). The number of anilines is 1. The van der Waals surface area contributed by atoms with Crippen LogP contribution in [0.1, 0.15) is 19.7 Å². The number of aromatic nitrogens is 5. The molecular formula is C16H18N6O3. The van der Waals surface area contributed by atoms with Gasteiger partial charge in [0.05, 0.1) is 6.26 Å². The molecule has 0 aliphatic rings. The van der Waals surface area contributed by atoms with Crippen molar-refractivity contribution in [1.29, 1.82) is 0 Å². The second kappa shape index (κ2) is 7.12. The van der Waals surface area contributed by atoms with Gasteiger partial charge in [-0.15, -0.1) is 5.10 Å². The van der Waals surface area contributed by atoms with E-state index in [9.17, 15) is 9.59 Å². The van der Waals surface area contributed by atoms with Crippen molar-refractivity contribution in [2.75, 3.05) is 5.32 Å². The van der Waals surface area contributed by atoms with E-state index in [2.05, 4.69) is 39.4 Å². The molecule has 0 unspecified atom stereocenters. The quantitative estimate of drug-likeness (QED) is 0.700. The molecule has 9 heteroatoms. The predicted molar refractivity (Wildman–Crippen MR) is 89.8 cm³/mol. The van der Waals surface area contributed by atoms with Crippen LogP contribution in [0.3, 0.4) is 0 Å². The highest BCUT2D eigenvalue weighted by Gasteiger charge is 2.12. The molecule has 3 aromatic heterocycles. The van der Waals surface area contributed by atoms with Gasteiger partial charge in [-0.3, -0.25) is 20.0 Å². The van der Waals surface area contributed by atoms with E-state index in [4.69, 9.17) is 4.42 Å².